The van der Waals surface area contributed by atoms with Gasteiger partial charge in [0.25, 0.3) is 0 Å². The fourth-order valence-electron chi connectivity index (χ4n) is 7.38. The summed E-state index contributed by atoms with van der Waals surface area (Å²) >= 11 is 1.30. The van der Waals surface area contributed by atoms with Crippen molar-refractivity contribution in [2.24, 2.45) is 0 Å². The Hall–Kier alpha value is -2.79. The normalized spacial score (nSPS) is 18.4. The van der Waals surface area contributed by atoms with E-state index < -0.39 is 49.2 Å². The van der Waals surface area contributed by atoms with Crippen LogP contribution in [-0.2, 0) is 33.4 Å². The second-order valence-electron chi connectivity index (χ2n) is 16.9. The van der Waals surface area contributed by atoms with E-state index in [-0.39, 0.29) is 54.6 Å². The van der Waals surface area contributed by atoms with Crippen molar-refractivity contribution in [3.8, 4) is 0 Å². The molecule has 0 spiro atoms. The molecule has 0 radical (unpaired) electrons. The van der Waals surface area contributed by atoms with Crippen molar-refractivity contribution in [2.45, 2.75) is 231 Å². The minimum absolute atomic E-state index is 0.0243. The first-order chi connectivity index (χ1) is 30.1. The number of carbonyl (C=O) groups is 4. The van der Waals surface area contributed by atoms with Gasteiger partial charge in [0.05, 0.1) is 12.8 Å². The lowest BCUT2D eigenvalue weighted by molar-refractivity contribution is -0.157. The molecular formula is C46H83N5O10S. The predicted molar refractivity (Wildman–Crippen MR) is 243 cm³/mol. The summed E-state index contributed by atoms with van der Waals surface area (Å²) in [6.45, 7) is 5.98. The Labute approximate surface area is 376 Å². The summed E-state index contributed by atoms with van der Waals surface area (Å²) in [6, 6.07) is -1.00. The van der Waals surface area contributed by atoms with Crippen LogP contribution in [-0.4, -0.2) is 109 Å². The van der Waals surface area contributed by atoms with Gasteiger partial charge in [-0.05, 0) is 19.3 Å². The smallest absolute Gasteiger partial charge is 0.306 e. The van der Waals surface area contributed by atoms with Crippen LogP contribution in [0, 0.1) is 0 Å². The van der Waals surface area contributed by atoms with E-state index in [1.54, 1.807) is 0 Å². The summed E-state index contributed by atoms with van der Waals surface area (Å²) in [7, 11) is 0. The van der Waals surface area contributed by atoms with Crippen molar-refractivity contribution in [3.05, 3.63) is 6.20 Å². The molecule has 2 amide bonds. The number of esters is 2. The monoisotopic (exact) mass is 898 g/mol. The van der Waals surface area contributed by atoms with Gasteiger partial charge < -0.3 is 40.2 Å². The number of thioether (sulfide) groups is 1. The highest BCUT2D eigenvalue weighted by Crippen LogP contribution is 2.29. The average Bonchev–Trinajstić information content (AvgIpc) is 3.84. The number of hydrogen-bond acceptors (Lipinski definition) is 13. The number of aliphatic hydroxyl groups excluding tert-OH is 3. The van der Waals surface area contributed by atoms with Gasteiger partial charge in [-0.25, -0.2) is 4.68 Å². The minimum atomic E-state index is -1.39. The Morgan fingerprint density at radius 2 is 1.21 bits per heavy atom. The van der Waals surface area contributed by atoms with Gasteiger partial charge in [-0.1, -0.05) is 161 Å². The first kappa shape index (κ1) is 55.3. The number of rotatable bonds is 39. The van der Waals surface area contributed by atoms with E-state index >= 15 is 0 Å². The molecule has 62 heavy (non-hydrogen) atoms. The van der Waals surface area contributed by atoms with Crippen LogP contribution in [0.4, 0.5) is 5.82 Å². The summed E-state index contributed by atoms with van der Waals surface area (Å²) in [5.41, 5.74) is 0. The maximum Gasteiger partial charge on any atom is 0.306 e. The average molecular weight is 898 g/mol. The largest absolute Gasteiger partial charge is 0.462 e. The zero-order chi connectivity index (χ0) is 45.2. The number of hydrogen-bond donors (Lipinski definition) is 5. The molecule has 2 rings (SSSR count). The number of carbonyl (C=O) groups excluding carboxylic acids is 4. The highest BCUT2D eigenvalue weighted by molar-refractivity contribution is 7.99. The Morgan fingerprint density at radius 3 is 1.73 bits per heavy atom. The maximum absolute atomic E-state index is 13.7. The molecule has 5 N–H and O–H groups in total. The first-order valence-corrected chi connectivity index (χ1v) is 25.4. The van der Waals surface area contributed by atoms with Crippen LogP contribution < -0.4 is 10.6 Å². The highest BCUT2D eigenvalue weighted by atomic mass is 32.2. The van der Waals surface area contributed by atoms with E-state index in [9.17, 15) is 34.5 Å². The molecule has 2 heterocycles. The number of unbranched alkanes of at least 4 members (excludes halogenated alkanes) is 21. The van der Waals surface area contributed by atoms with Crippen LogP contribution in [0.25, 0.3) is 0 Å². The van der Waals surface area contributed by atoms with Crippen LogP contribution in [0.1, 0.15) is 200 Å². The second kappa shape index (κ2) is 35.5. The zero-order valence-electron chi connectivity index (χ0n) is 38.4. The SMILES string of the molecule is CCCCCCCCCCC(=O)N[C@H](CSC[C@@H](COC(=O)CCCCCCCCCC)OC(=O)CCCCCCCCCC)C(=O)Nc1cn([C@H]2OC(CO)[C@@H](O)[C@H]2O)nn1. The van der Waals surface area contributed by atoms with Gasteiger partial charge in [0.2, 0.25) is 11.8 Å². The number of nitrogens with one attached hydrogen (secondary N) is 2. The third-order valence-corrected chi connectivity index (χ3v) is 12.4. The van der Waals surface area contributed by atoms with E-state index in [0.717, 1.165) is 68.9 Å². The van der Waals surface area contributed by atoms with E-state index in [2.05, 4.69) is 41.7 Å². The molecule has 1 aliphatic rings. The number of nitrogens with zero attached hydrogens (tertiary/aromatic N) is 3. The topological polar surface area (TPSA) is 211 Å². The molecule has 1 saturated heterocycles. The molecule has 6 atom stereocenters. The van der Waals surface area contributed by atoms with Gasteiger partial charge in [-0.15, -0.1) is 5.10 Å². The van der Waals surface area contributed by atoms with Crippen molar-refractivity contribution in [3.63, 3.8) is 0 Å². The first-order valence-electron chi connectivity index (χ1n) is 24.2. The van der Waals surface area contributed by atoms with Gasteiger partial charge in [0.15, 0.2) is 12.0 Å². The number of anilines is 1. The van der Waals surface area contributed by atoms with Crippen LogP contribution in [0.3, 0.4) is 0 Å². The third kappa shape index (κ3) is 24.9. The standard InChI is InChI=1S/C46H83N5O10S/c1-4-7-10-13-16-19-22-25-28-40(53)47-37(45(58)48-39-31-51(50-49-39)46-44(57)43(56)38(32-52)61-46)35-62-34-36(60-42(55)30-27-24-21-18-15-12-9-6-3)33-59-41(54)29-26-23-20-17-14-11-8-5-2/h31,36-38,43-44,46,52,56-57H,4-30,32-35H2,1-3H3,(H,47,53)(H,48,58)/t36-,37-,38?,43-,44-,46+/m1/s1. The second-order valence-corrected chi connectivity index (χ2v) is 18.0. The van der Waals surface area contributed by atoms with Crippen molar-refractivity contribution in [1.29, 1.82) is 0 Å². The van der Waals surface area contributed by atoms with E-state index in [1.165, 1.54) is 101 Å². The number of ether oxygens (including phenoxy) is 3. The summed E-state index contributed by atoms with van der Waals surface area (Å²) in [4.78, 5) is 52.6. The molecule has 1 aromatic rings. The van der Waals surface area contributed by atoms with Gasteiger partial charge in [0.1, 0.15) is 37.1 Å². The molecule has 0 aromatic carbocycles. The summed E-state index contributed by atoms with van der Waals surface area (Å²) < 4.78 is 18.1. The Bertz CT molecular complexity index is 1340. The number of amides is 2. The lowest BCUT2D eigenvalue weighted by atomic mass is 10.1. The Morgan fingerprint density at radius 1 is 0.710 bits per heavy atom. The molecule has 1 aromatic heterocycles. The zero-order valence-corrected chi connectivity index (χ0v) is 39.2. The van der Waals surface area contributed by atoms with Crippen LogP contribution in [0.2, 0.25) is 0 Å². The van der Waals surface area contributed by atoms with Crippen molar-refractivity contribution in [2.75, 3.05) is 30.0 Å². The molecule has 15 nitrogen and oxygen atoms in total. The predicted octanol–water partition coefficient (Wildman–Crippen LogP) is 8.09. The summed E-state index contributed by atoms with van der Waals surface area (Å²) in [5.74, 6) is -1.14. The van der Waals surface area contributed by atoms with Crippen LogP contribution >= 0.6 is 11.8 Å². The molecule has 0 aliphatic carbocycles. The molecule has 1 unspecified atom stereocenters. The van der Waals surface area contributed by atoms with Crippen LogP contribution in [0.5, 0.6) is 0 Å². The summed E-state index contributed by atoms with van der Waals surface area (Å²) in [6.07, 6.45) is 22.8. The number of aliphatic hydroxyl groups is 3. The number of aromatic nitrogens is 3. The lowest BCUT2D eigenvalue weighted by Crippen LogP contribution is -2.45. The Kier molecular flexibility index (Phi) is 31.7. The fourth-order valence-corrected chi connectivity index (χ4v) is 8.42. The molecule has 0 bridgehead atoms. The molecule has 358 valence electrons. The van der Waals surface area contributed by atoms with Gasteiger partial charge >= 0.3 is 11.9 Å². The Balaban J connectivity index is 2.03. The summed E-state index contributed by atoms with van der Waals surface area (Å²) in [5, 5.41) is 43.5. The molecule has 16 heteroatoms. The molecule has 1 aliphatic heterocycles. The molecule has 1 fully saturated rings. The van der Waals surface area contributed by atoms with Gasteiger partial charge in [-0.2, -0.15) is 11.8 Å². The van der Waals surface area contributed by atoms with E-state index in [4.69, 9.17) is 14.2 Å². The van der Waals surface area contributed by atoms with Gasteiger partial charge in [-0.3, -0.25) is 19.2 Å². The van der Waals surface area contributed by atoms with E-state index in [1.807, 2.05) is 0 Å². The maximum atomic E-state index is 13.7. The van der Waals surface area contributed by atoms with Crippen LogP contribution in [0.15, 0.2) is 6.20 Å². The lowest BCUT2D eigenvalue weighted by Gasteiger charge is -2.21. The molecular weight excluding hydrogens is 815 g/mol. The highest BCUT2D eigenvalue weighted by Gasteiger charge is 2.44. The van der Waals surface area contributed by atoms with Crippen molar-refractivity contribution < 1.29 is 48.7 Å². The van der Waals surface area contributed by atoms with E-state index in [0.29, 0.717) is 12.8 Å². The molecule has 0 saturated carbocycles. The quantitative estimate of drug-likeness (QED) is 0.0313. The third-order valence-electron chi connectivity index (χ3n) is 11.2. The fraction of sp³-hybridized carbons (Fsp3) is 0.870. The van der Waals surface area contributed by atoms with Crippen molar-refractivity contribution >= 4 is 41.3 Å². The van der Waals surface area contributed by atoms with Gasteiger partial charge in [0, 0.05) is 30.8 Å². The van der Waals surface area contributed by atoms with Crippen molar-refractivity contribution in [1.82, 2.24) is 20.3 Å². The minimum Gasteiger partial charge on any atom is -0.462 e.